The number of aromatic nitrogens is 1. The zero-order valence-electron chi connectivity index (χ0n) is 19.6. The van der Waals surface area contributed by atoms with E-state index in [9.17, 15) is 14.7 Å². The van der Waals surface area contributed by atoms with E-state index in [1.807, 2.05) is 24.3 Å². The first-order chi connectivity index (χ1) is 17.6. The number of anilines is 2. The van der Waals surface area contributed by atoms with Crippen molar-refractivity contribution < 1.29 is 24.2 Å². The quantitative estimate of drug-likeness (QED) is 0.333. The summed E-state index contributed by atoms with van der Waals surface area (Å²) in [7, 11) is 0. The zero-order valence-corrected chi connectivity index (χ0v) is 19.6. The highest BCUT2D eigenvalue weighted by Gasteiger charge is 2.47. The summed E-state index contributed by atoms with van der Waals surface area (Å²) in [6.45, 7) is 2.11. The van der Waals surface area contributed by atoms with Crippen molar-refractivity contribution in [3.05, 3.63) is 83.7 Å². The number of carbonyl (C=O) groups excluding carboxylic acids is 2. The lowest BCUT2D eigenvalue weighted by Gasteiger charge is -2.30. The van der Waals surface area contributed by atoms with Crippen LogP contribution in [0.2, 0.25) is 0 Å². The van der Waals surface area contributed by atoms with Crippen molar-refractivity contribution in [1.29, 1.82) is 0 Å². The Morgan fingerprint density at radius 3 is 2.31 bits per heavy atom. The van der Waals surface area contributed by atoms with E-state index in [-0.39, 0.29) is 18.1 Å². The predicted octanol–water partition coefficient (Wildman–Crippen LogP) is 4.43. The molecular formula is C28H25N3O5. The van der Waals surface area contributed by atoms with Crippen LogP contribution in [0, 0.1) is 0 Å². The molecule has 8 nitrogen and oxygen atoms in total. The number of benzene rings is 2. The topological polar surface area (TPSA) is 92.2 Å². The van der Waals surface area contributed by atoms with E-state index in [1.54, 1.807) is 42.7 Å². The maximum Gasteiger partial charge on any atom is 0.300 e. The number of ketones is 1. The molecule has 6 rings (SSSR count). The summed E-state index contributed by atoms with van der Waals surface area (Å²) in [6.07, 6.45) is 6.79. The minimum absolute atomic E-state index is 0.0187. The van der Waals surface area contributed by atoms with Gasteiger partial charge in [0.25, 0.3) is 11.7 Å². The van der Waals surface area contributed by atoms with E-state index in [0.717, 1.165) is 31.6 Å². The van der Waals surface area contributed by atoms with Gasteiger partial charge in [0.15, 0.2) is 11.5 Å². The van der Waals surface area contributed by atoms with Gasteiger partial charge in [-0.1, -0.05) is 0 Å². The second-order valence-corrected chi connectivity index (χ2v) is 9.08. The Morgan fingerprint density at radius 2 is 1.56 bits per heavy atom. The Bertz CT molecular complexity index is 1350. The average molecular weight is 484 g/mol. The number of Topliss-reactive ketones (excluding diaryl/α,β-unsaturated/α-hetero) is 1. The van der Waals surface area contributed by atoms with Gasteiger partial charge >= 0.3 is 0 Å². The summed E-state index contributed by atoms with van der Waals surface area (Å²) < 4.78 is 10.8. The summed E-state index contributed by atoms with van der Waals surface area (Å²) in [5.41, 5.74) is 2.74. The third kappa shape index (κ3) is 3.75. The molecule has 3 aliphatic heterocycles. The summed E-state index contributed by atoms with van der Waals surface area (Å²) in [6, 6.07) is 15.3. The standard InChI is InChI=1S/C28H25N3O5/c32-26(19-4-9-22-23(16-19)36-17-35-22)24-25(18-10-12-29-13-11-18)31(28(34)27(24)33)21-7-5-20(6-8-21)30-14-2-1-3-15-30/h4-13,16,25,32H,1-3,14-15,17H2/b26-24-. The van der Waals surface area contributed by atoms with Crippen LogP contribution in [-0.2, 0) is 9.59 Å². The second kappa shape index (κ2) is 9.03. The number of rotatable bonds is 4. The van der Waals surface area contributed by atoms with E-state index in [0.29, 0.717) is 28.3 Å². The first-order valence-corrected chi connectivity index (χ1v) is 12.1. The number of piperidine rings is 1. The largest absolute Gasteiger partial charge is 0.507 e. The van der Waals surface area contributed by atoms with Crippen molar-refractivity contribution in [2.75, 3.05) is 29.7 Å². The van der Waals surface area contributed by atoms with E-state index >= 15 is 0 Å². The van der Waals surface area contributed by atoms with Crippen molar-refractivity contribution in [2.45, 2.75) is 25.3 Å². The highest BCUT2D eigenvalue weighted by atomic mass is 16.7. The molecule has 1 atom stereocenters. The number of carbonyl (C=O) groups is 2. The molecule has 2 fully saturated rings. The normalized spacial score (nSPS) is 20.7. The lowest BCUT2D eigenvalue weighted by Crippen LogP contribution is -2.30. The van der Waals surface area contributed by atoms with E-state index in [1.165, 1.54) is 11.3 Å². The van der Waals surface area contributed by atoms with Crippen LogP contribution in [0.4, 0.5) is 11.4 Å². The molecule has 2 aromatic carbocycles. The molecule has 1 amide bonds. The zero-order chi connectivity index (χ0) is 24.6. The molecule has 3 aromatic rings. The van der Waals surface area contributed by atoms with Crippen LogP contribution in [0.3, 0.4) is 0 Å². The fraction of sp³-hybridized carbons (Fsp3) is 0.250. The van der Waals surface area contributed by atoms with E-state index in [4.69, 9.17) is 9.47 Å². The van der Waals surface area contributed by atoms with Crippen molar-refractivity contribution in [2.24, 2.45) is 0 Å². The number of aliphatic hydroxyl groups excluding tert-OH is 1. The smallest absolute Gasteiger partial charge is 0.300 e. The van der Waals surface area contributed by atoms with Crippen LogP contribution in [0.5, 0.6) is 11.5 Å². The second-order valence-electron chi connectivity index (χ2n) is 9.08. The highest BCUT2D eigenvalue weighted by Crippen LogP contribution is 2.43. The van der Waals surface area contributed by atoms with Crippen LogP contribution in [0.1, 0.15) is 36.4 Å². The Kier molecular flexibility index (Phi) is 5.56. The summed E-state index contributed by atoms with van der Waals surface area (Å²) in [5, 5.41) is 11.3. The predicted molar refractivity (Wildman–Crippen MR) is 134 cm³/mol. The fourth-order valence-corrected chi connectivity index (χ4v) is 5.14. The molecule has 0 spiro atoms. The van der Waals surface area contributed by atoms with Gasteiger partial charge in [-0.15, -0.1) is 0 Å². The first kappa shape index (κ1) is 22.2. The van der Waals surface area contributed by atoms with Gasteiger partial charge in [0.2, 0.25) is 6.79 Å². The number of pyridine rings is 1. The number of hydrogen-bond acceptors (Lipinski definition) is 7. The van der Waals surface area contributed by atoms with Gasteiger partial charge < -0.3 is 19.5 Å². The molecule has 3 aliphatic rings. The van der Waals surface area contributed by atoms with Gasteiger partial charge in [-0.3, -0.25) is 19.5 Å². The molecule has 0 saturated carbocycles. The molecule has 0 radical (unpaired) electrons. The minimum atomic E-state index is -0.806. The van der Waals surface area contributed by atoms with Gasteiger partial charge in [0.05, 0.1) is 11.6 Å². The van der Waals surface area contributed by atoms with E-state index < -0.39 is 17.7 Å². The number of nitrogens with zero attached hydrogens (tertiary/aromatic N) is 3. The molecule has 1 aromatic heterocycles. The summed E-state index contributed by atoms with van der Waals surface area (Å²) in [5.74, 6) is -0.661. The molecule has 2 saturated heterocycles. The Hall–Kier alpha value is -4.33. The summed E-state index contributed by atoms with van der Waals surface area (Å²) >= 11 is 0. The van der Waals surface area contributed by atoms with Crippen molar-refractivity contribution >= 4 is 28.8 Å². The number of fused-ring (bicyclic) bond motifs is 1. The Balaban J connectivity index is 1.43. The lowest BCUT2D eigenvalue weighted by atomic mass is 9.95. The van der Waals surface area contributed by atoms with Crippen molar-refractivity contribution in [3.8, 4) is 11.5 Å². The molecule has 1 N–H and O–H groups in total. The number of aliphatic hydroxyl groups is 1. The van der Waals surface area contributed by atoms with Gasteiger partial charge in [-0.2, -0.15) is 0 Å². The Morgan fingerprint density at radius 1 is 0.861 bits per heavy atom. The van der Waals surface area contributed by atoms with Gasteiger partial charge in [0.1, 0.15) is 5.76 Å². The molecule has 36 heavy (non-hydrogen) atoms. The SMILES string of the molecule is O=C1C(=O)N(c2ccc(N3CCCCC3)cc2)C(c2ccncc2)/C1=C(/O)c1ccc2c(c1)OCO2. The maximum absolute atomic E-state index is 13.4. The third-order valence-corrected chi connectivity index (χ3v) is 6.96. The average Bonchev–Trinajstić information content (AvgIpc) is 3.51. The monoisotopic (exact) mass is 483 g/mol. The Labute approximate surface area is 208 Å². The molecule has 4 heterocycles. The fourth-order valence-electron chi connectivity index (χ4n) is 5.14. The molecule has 1 unspecified atom stereocenters. The van der Waals surface area contributed by atoms with Crippen LogP contribution in [0.15, 0.2) is 72.6 Å². The van der Waals surface area contributed by atoms with Gasteiger partial charge in [-0.05, 0) is 79.4 Å². The van der Waals surface area contributed by atoms with Crippen LogP contribution >= 0.6 is 0 Å². The van der Waals surface area contributed by atoms with Crippen LogP contribution < -0.4 is 19.3 Å². The van der Waals surface area contributed by atoms with Crippen molar-refractivity contribution in [1.82, 2.24) is 4.98 Å². The first-order valence-electron chi connectivity index (χ1n) is 12.1. The highest BCUT2D eigenvalue weighted by molar-refractivity contribution is 6.51. The van der Waals surface area contributed by atoms with Crippen molar-refractivity contribution in [3.63, 3.8) is 0 Å². The van der Waals surface area contributed by atoms with Gasteiger partial charge in [-0.25, -0.2) is 0 Å². The van der Waals surface area contributed by atoms with Gasteiger partial charge in [0, 0.05) is 42.4 Å². The van der Waals surface area contributed by atoms with Crippen LogP contribution in [-0.4, -0.2) is 41.7 Å². The van der Waals surface area contributed by atoms with Crippen LogP contribution in [0.25, 0.3) is 5.76 Å². The molecule has 8 heteroatoms. The van der Waals surface area contributed by atoms with E-state index in [2.05, 4.69) is 9.88 Å². The molecule has 0 bridgehead atoms. The maximum atomic E-state index is 13.4. The number of ether oxygens (including phenoxy) is 2. The molecule has 182 valence electrons. The molecule has 0 aliphatic carbocycles. The third-order valence-electron chi connectivity index (χ3n) is 6.96. The summed E-state index contributed by atoms with van der Waals surface area (Å²) in [4.78, 5) is 34.6. The number of hydrogen-bond donors (Lipinski definition) is 1. The minimum Gasteiger partial charge on any atom is -0.507 e. The molecular weight excluding hydrogens is 458 g/mol. The number of amides is 1. The lowest BCUT2D eigenvalue weighted by molar-refractivity contribution is -0.132.